The standard InChI is InChI=1S/C68H54N4S.C10H11N/c1-44-34-48(38-50-40-59-57(37-45(50)2)65-32-31-49(66-46(3)36-47(4)73-66)41-72(65)68(59)58-27-15-12-24-54(58)64-30-18-19-33-71(64)68)39-51(35-44)67(5,60-42-69(52-20-8-6-9-21-52)62-28-16-13-25-55(60)62)61-43-70(53-22-10-7-11-23-53)63-29-17-14-26-56(61)63;1-3-9(4-2)10-7-5-6-8-11-10/h6-37,39-43H,38H2,1-5H3;3-8H,1H2,2H3/q+2;/b;9-4+. The molecule has 13 aromatic rings. The minimum absolute atomic E-state index is 0.583. The van der Waals surface area contributed by atoms with Gasteiger partial charge in [-0.2, -0.15) is 0 Å². The van der Waals surface area contributed by atoms with Gasteiger partial charge in [0, 0.05) is 74.1 Å². The van der Waals surface area contributed by atoms with Crippen LogP contribution >= 0.6 is 11.3 Å². The highest BCUT2D eigenvalue weighted by Crippen LogP contribution is 2.50. The van der Waals surface area contributed by atoms with Crippen LogP contribution in [-0.4, -0.2) is 14.1 Å². The monoisotopic (exact) mass is 1100 g/mol. The number of hydrogen-bond acceptors (Lipinski definition) is 2. The van der Waals surface area contributed by atoms with E-state index in [2.05, 4.69) is 289 Å². The molecule has 0 amide bonds. The van der Waals surface area contributed by atoms with Crippen LogP contribution in [0.3, 0.4) is 0 Å². The Morgan fingerprint density at radius 1 is 0.595 bits per heavy atom. The summed E-state index contributed by atoms with van der Waals surface area (Å²) >= 11 is 1.88. The molecule has 0 saturated heterocycles. The van der Waals surface area contributed by atoms with E-state index in [1.807, 2.05) is 48.6 Å². The summed E-state index contributed by atoms with van der Waals surface area (Å²) < 4.78 is 9.90. The largest absolute Gasteiger partial charge is 0.417 e. The van der Waals surface area contributed by atoms with Gasteiger partial charge in [0.1, 0.15) is 11.1 Å². The number of aryl methyl sites for hydroxylation is 4. The van der Waals surface area contributed by atoms with Gasteiger partial charge in [-0.05, 0) is 183 Å². The van der Waals surface area contributed by atoms with Crippen LogP contribution in [0.2, 0.25) is 0 Å². The lowest BCUT2D eigenvalue weighted by Gasteiger charge is -2.32. The molecule has 0 radical (unpaired) electrons. The average molecular weight is 1100 g/mol. The highest BCUT2D eigenvalue weighted by atomic mass is 32.1. The first-order valence-corrected chi connectivity index (χ1v) is 29.9. The molecule has 15 rings (SSSR count). The molecule has 1 spiro atoms. The Balaban J connectivity index is 0.000000515. The molecule has 406 valence electrons. The molecular formula is C78H65N5S+2. The molecule has 84 heavy (non-hydrogen) atoms. The third kappa shape index (κ3) is 8.38. The van der Waals surface area contributed by atoms with E-state index in [1.165, 1.54) is 115 Å². The molecule has 0 bridgehead atoms. The Hall–Kier alpha value is -9.75. The fraction of sp³-hybridized carbons (Fsp3) is 0.115. The maximum Gasteiger partial charge on any atom is 0.417 e. The Labute approximate surface area is 496 Å². The lowest BCUT2D eigenvalue weighted by molar-refractivity contribution is -0.954. The summed E-state index contributed by atoms with van der Waals surface area (Å²) in [5.74, 6) is 0. The SMILES string of the molecule is C=C/C(=C\C)c1ccccn1.Cc1cc(Cc2cc3c(cc2C)-c2ccc(-c4sc(C)cc4C)c[n+]2C32c3ccccc3-c3cccc[n+]32)cc(C(C)(c2cn(-c3ccccc3)c3ccccc23)c2cn(-c3ccccc3)c3ccccc23)c1. The van der Waals surface area contributed by atoms with Gasteiger partial charge in [-0.1, -0.05) is 133 Å². The summed E-state index contributed by atoms with van der Waals surface area (Å²) in [6.07, 6.45) is 15.9. The van der Waals surface area contributed by atoms with Crippen LogP contribution in [0.25, 0.3) is 71.7 Å². The van der Waals surface area contributed by atoms with Gasteiger partial charge >= 0.3 is 5.66 Å². The Kier molecular flexibility index (Phi) is 13.0. The van der Waals surface area contributed by atoms with Crippen molar-refractivity contribution in [2.75, 3.05) is 0 Å². The van der Waals surface area contributed by atoms with Gasteiger partial charge in [-0.3, -0.25) is 4.98 Å². The van der Waals surface area contributed by atoms with E-state index in [0.717, 1.165) is 29.1 Å². The number of fused-ring (bicyclic) bond motifs is 12. The van der Waals surface area contributed by atoms with Crippen molar-refractivity contribution in [2.45, 2.75) is 59.0 Å². The van der Waals surface area contributed by atoms with Crippen LogP contribution in [0, 0.1) is 27.7 Å². The molecule has 0 aliphatic carbocycles. The maximum atomic E-state index is 4.18. The van der Waals surface area contributed by atoms with Crippen LogP contribution < -0.4 is 9.13 Å². The molecule has 2 aliphatic rings. The third-order valence-corrected chi connectivity index (χ3v) is 18.9. The predicted molar refractivity (Wildman–Crippen MR) is 347 cm³/mol. The molecule has 6 aromatic heterocycles. The van der Waals surface area contributed by atoms with Gasteiger partial charge in [0.25, 0.3) is 0 Å². The van der Waals surface area contributed by atoms with E-state index in [0.29, 0.717) is 0 Å². The van der Waals surface area contributed by atoms with Crippen LogP contribution in [0.5, 0.6) is 0 Å². The molecule has 8 heterocycles. The second-order valence-corrected chi connectivity index (χ2v) is 24.0. The fourth-order valence-corrected chi connectivity index (χ4v) is 14.8. The summed E-state index contributed by atoms with van der Waals surface area (Å²) in [6.45, 7) is 17.2. The summed E-state index contributed by atoms with van der Waals surface area (Å²) in [5.41, 5.74) is 24.7. The molecule has 0 fully saturated rings. The minimum atomic E-state index is -0.618. The highest BCUT2D eigenvalue weighted by molar-refractivity contribution is 7.15. The van der Waals surface area contributed by atoms with Gasteiger partial charge in [0.05, 0.1) is 33.4 Å². The molecule has 5 nitrogen and oxygen atoms in total. The van der Waals surface area contributed by atoms with Crippen molar-refractivity contribution in [1.29, 1.82) is 0 Å². The van der Waals surface area contributed by atoms with Gasteiger partial charge in [-0.15, -0.1) is 20.5 Å². The zero-order valence-electron chi connectivity index (χ0n) is 48.4. The first kappa shape index (κ1) is 52.3. The van der Waals surface area contributed by atoms with Crippen molar-refractivity contribution in [3.63, 3.8) is 0 Å². The molecule has 0 saturated carbocycles. The Bertz CT molecular complexity index is 4570. The van der Waals surface area contributed by atoms with Crippen LogP contribution in [0.1, 0.15) is 80.1 Å². The number of allylic oxidation sites excluding steroid dienone is 3. The number of rotatable bonds is 10. The quantitative estimate of drug-likeness (QED) is 0.0992. The van der Waals surface area contributed by atoms with E-state index in [-0.39, 0.29) is 0 Å². The number of aromatic nitrogens is 5. The smallest absolute Gasteiger partial charge is 0.316 e. The van der Waals surface area contributed by atoms with Crippen molar-refractivity contribution < 1.29 is 9.13 Å². The highest BCUT2D eigenvalue weighted by Gasteiger charge is 2.66. The number of thiophene rings is 1. The van der Waals surface area contributed by atoms with E-state index in [1.54, 1.807) is 6.20 Å². The number of benzene rings is 7. The second kappa shape index (κ2) is 20.9. The summed E-state index contributed by atoms with van der Waals surface area (Å²) in [6, 6.07) is 80.5. The average Bonchev–Trinajstić information content (AvgIpc) is 1.56. The number of para-hydroxylation sites is 4. The molecule has 7 aromatic carbocycles. The molecule has 1 atom stereocenters. The first-order chi connectivity index (χ1) is 41.1. The third-order valence-electron chi connectivity index (χ3n) is 17.7. The van der Waals surface area contributed by atoms with Gasteiger partial charge in [0.2, 0.25) is 11.4 Å². The molecule has 0 N–H and O–H groups in total. The summed E-state index contributed by atoms with van der Waals surface area (Å²) in [7, 11) is 0. The van der Waals surface area contributed by atoms with Gasteiger partial charge in [-0.25, -0.2) is 0 Å². The van der Waals surface area contributed by atoms with Crippen LogP contribution in [-0.2, 0) is 17.5 Å². The van der Waals surface area contributed by atoms with E-state index >= 15 is 0 Å². The van der Waals surface area contributed by atoms with Crippen LogP contribution in [0.15, 0.2) is 268 Å². The van der Waals surface area contributed by atoms with Gasteiger partial charge in [0.15, 0.2) is 12.4 Å². The zero-order chi connectivity index (χ0) is 57.3. The zero-order valence-corrected chi connectivity index (χ0v) is 49.2. The van der Waals surface area contributed by atoms with Crippen molar-refractivity contribution in [3.05, 3.63) is 334 Å². The Morgan fingerprint density at radius 3 is 1.87 bits per heavy atom. The lowest BCUT2D eigenvalue weighted by Crippen LogP contribution is -2.71. The maximum absolute atomic E-state index is 4.18. The van der Waals surface area contributed by atoms with Crippen molar-refractivity contribution in [1.82, 2.24) is 14.1 Å². The van der Waals surface area contributed by atoms with E-state index < -0.39 is 11.1 Å². The molecular weight excluding hydrogens is 1040 g/mol. The normalized spacial score (nSPS) is 14.0. The predicted octanol–water partition coefficient (Wildman–Crippen LogP) is 18.0. The van der Waals surface area contributed by atoms with Gasteiger partial charge < -0.3 is 9.13 Å². The van der Waals surface area contributed by atoms with Crippen molar-refractivity contribution in [3.8, 4) is 44.3 Å². The minimum Gasteiger partial charge on any atom is -0.316 e. The first-order valence-electron chi connectivity index (χ1n) is 29.1. The number of hydrogen-bond donors (Lipinski definition) is 0. The topological polar surface area (TPSA) is 30.5 Å². The van der Waals surface area contributed by atoms with Crippen molar-refractivity contribution >= 4 is 38.7 Å². The van der Waals surface area contributed by atoms with Crippen LogP contribution in [0.4, 0.5) is 0 Å². The molecule has 2 aliphatic heterocycles. The lowest BCUT2D eigenvalue weighted by atomic mass is 9.70. The Morgan fingerprint density at radius 2 is 1.23 bits per heavy atom. The molecule has 1 unspecified atom stereocenters. The van der Waals surface area contributed by atoms with Crippen molar-refractivity contribution in [2.24, 2.45) is 0 Å². The number of nitrogens with zero attached hydrogens (tertiary/aromatic N) is 5. The number of pyridine rings is 3. The fourth-order valence-electron chi connectivity index (χ4n) is 13.8. The van der Waals surface area contributed by atoms with E-state index in [9.17, 15) is 0 Å². The second-order valence-electron chi connectivity index (χ2n) is 22.7. The summed E-state index contributed by atoms with van der Waals surface area (Å²) in [4.78, 5) is 6.84. The molecule has 6 heteroatoms. The van der Waals surface area contributed by atoms with E-state index in [4.69, 9.17) is 0 Å². The summed E-state index contributed by atoms with van der Waals surface area (Å²) in [5, 5.41) is 2.49.